The molecule has 0 aliphatic heterocycles. The van der Waals surface area contributed by atoms with Crippen LogP contribution in [-0.2, 0) is 49.1 Å². The van der Waals surface area contributed by atoms with Crippen LogP contribution >= 0.6 is 31.9 Å². The van der Waals surface area contributed by atoms with Gasteiger partial charge in [0, 0.05) is 49.5 Å². The number of pyridine rings is 4. The third-order valence-electron chi connectivity index (χ3n) is 10.6. The Morgan fingerprint density at radius 3 is 1.40 bits per heavy atom. The van der Waals surface area contributed by atoms with E-state index in [1.807, 2.05) is 50.2 Å². The zero-order chi connectivity index (χ0) is 48.4. The zero-order valence-electron chi connectivity index (χ0n) is 37.4. The summed E-state index contributed by atoms with van der Waals surface area (Å²) in [5.74, 6) is -0.475. The monoisotopic (exact) mass is 1050 g/mol. The molecule has 0 fully saturated rings. The van der Waals surface area contributed by atoms with Gasteiger partial charge in [-0.05, 0) is 141 Å². The van der Waals surface area contributed by atoms with Crippen LogP contribution in [-0.4, -0.2) is 55.2 Å². The minimum atomic E-state index is -0.856. The molecule has 0 bridgehead atoms. The van der Waals surface area contributed by atoms with Gasteiger partial charge < -0.3 is 39.8 Å². The first-order valence-electron chi connectivity index (χ1n) is 21.5. The molecule has 0 unspecified atom stereocenters. The van der Waals surface area contributed by atoms with E-state index >= 15 is 0 Å². The number of aromatic nitrogens is 4. The minimum absolute atomic E-state index is 0.0527. The highest BCUT2D eigenvalue weighted by molar-refractivity contribution is 9.10. The van der Waals surface area contributed by atoms with Crippen molar-refractivity contribution in [3.63, 3.8) is 0 Å². The van der Waals surface area contributed by atoms with Crippen LogP contribution in [0.15, 0.2) is 94.1 Å². The quantitative estimate of drug-likeness (QED) is 0.0391. The summed E-state index contributed by atoms with van der Waals surface area (Å²) in [5, 5.41) is 43.3. The molecule has 0 radical (unpaired) electrons. The lowest BCUT2D eigenvalue weighted by Gasteiger charge is -2.18. The molecule has 4 aromatic heterocycles. The van der Waals surface area contributed by atoms with Crippen molar-refractivity contribution in [1.29, 1.82) is 10.5 Å². The van der Waals surface area contributed by atoms with Gasteiger partial charge in [0.15, 0.2) is 0 Å². The van der Waals surface area contributed by atoms with E-state index in [4.69, 9.17) is 39.1 Å². The van der Waals surface area contributed by atoms with Crippen molar-refractivity contribution in [2.75, 3.05) is 13.1 Å². The molecule has 18 heteroatoms. The van der Waals surface area contributed by atoms with Gasteiger partial charge in [-0.15, -0.1) is 0 Å². The highest BCUT2D eigenvalue weighted by atomic mass is 79.9. The molecule has 68 heavy (non-hydrogen) atoms. The van der Waals surface area contributed by atoms with E-state index in [2.05, 4.69) is 76.7 Å². The van der Waals surface area contributed by atoms with Crippen molar-refractivity contribution in [2.24, 2.45) is 0 Å². The number of carboxylic acid groups (broad SMARTS) is 2. The lowest BCUT2D eigenvalue weighted by Crippen LogP contribution is -2.17. The topological polar surface area (TPSA) is 235 Å². The first-order chi connectivity index (χ1) is 32.9. The fourth-order valence-corrected chi connectivity index (χ4v) is 7.92. The Kier molecular flexibility index (Phi) is 18.7. The number of hydrogen-bond donors (Lipinski definition) is 4. The number of nitriles is 2. The predicted molar refractivity (Wildman–Crippen MR) is 258 cm³/mol. The van der Waals surface area contributed by atoms with Gasteiger partial charge in [0.05, 0.1) is 43.6 Å². The number of carboxylic acids is 2. The maximum Gasteiger partial charge on any atom is 0.303 e. The number of benzene rings is 2. The van der Waals surface area contributed by atoms with Crippen molar-refractivity contribution < 1.29 is 38.7 Å². The molecule has 16 nitrogen and oxygen atoms in total. The molecule has 0 atom stereocenters. The summed E-state index contributed by atoms with van der Waals surface area (Å²) in [4.78, 5) is 40.1. The number of hydrogen-bond acceptors (Lipinski definition) is 14. The minimum Gasteiger partial charge on any atom is -0.481 e. The van der Waals surface area contributed by atoms with E-state index in [0.29, 0.717) is 94.0 Å². The lowest BCUT2D eigenvalue weighted by atomic mass is 9.92. The van der Waals surface area contributed by atoms with E-state index in [9.17, 15) is 20.1 Å². The zero-order valence-corrected chi connectivity index (χ0v) is 40.5. The van der Waals surface area contributed by atoms with Gasteiger partial charge in [0.2, 0.25) is 23.5 Å². The summed E-state index contributed by atoms with van der Waals surface area (Å²) in [6.45, 7) is 6.30. The number of halogens is 2. The molecule has 0 saturated heterocycles. The summed E-state index contributed by atoms with van der Waals surface area (Å²) < 4.78 is 26.2. The molecule has 0 amide bonds. The average Bonchev–Trinajstić information content (AvgIpc) is 3.33. The highest BCUT2D eigenvalue weighted by Gasteiger charge is 2.18. The molecule has 0 aliphatic rings. The summed E-state index contributed by atoms with van der Waals surface area (Å²) in [7, 11) is 0. The van der Waals surface area contributed by atoms with Gasteiger partial charge in [0.25, 0.3) is 0 Å². The Hall–Kier alpha value is -6.96. The van der Waals surface area contributed by atoms with Gasteiger partial charge in [-0.2, -0.15) is 20.5 Å². The summed E-state index contributed by atoms with van der Waals surface area (Å²) in [5.41, 5.74) is 9.40. The smallest absolute Gasteiger partial charge is 0.303 e. The molecule has 0 aliphatic carbocycles. The Morgan fingerprint density at radius 1 is 0.588 bits per heavy atom. The van der Waals surface area contributed by atoms with Crippen molar-refractivity contribution in [2.45, 2.75) is 79.0 Å². The fraction of sp³-hybridized carbons (Fsp3) is 0.280. The number of ether oxygens (including phenoxy) is 4. The second kappa shape index (κ2) is 25.3. The van der Waals surface area contributed by atoms with E-state index in [-0.39, 0.29) is 39.3 Å². The molecule has 6 rings (SSSR count). The molecular formula is C50H48Br2N8O8. The van der Waals surface area contributed by atoms with Crippen LogP contribution in [0.4, 0.5) is 0 Å². The van der Waals surface area contributed by atoms with Crippen molar-refractivity contribution in [3.8, 4) is 46.8 Å². The van der Waals surface area contributed by atoms with Gasteiger partial charge >= 0.3 is 11.9 Å². The Labute approximate surface area is 410 Å². The maximum absolute atomic E-state index is 11.0. The first-order valence-corrected chi connectivity index (χ1v) is 23.1. The van der Waals surface area contributed by atoms with Crippen LogP contribution in [0, 0.1) is 36.5 Å². The van der Waals surface area contributed by atoms with Crippen molar-refractivity contribution in [1.82, 2.24) is 30.6 Å². The third kappa shape index (κ3) is 14.5. The summed E-state index contributed by atoms with van der Waals surface area (Å²) >= 11 is 7.26. The molecule has 6 aromatic rings. The van der Waals surface area contributed by atoms with Crippen LogP contribution in [0.25, 0.3) is 11.1 Å². The second-order valence-electron chi connectivity index (χ2n) is 15.5. The van der Waals surface area contributed by atoms with Crippen molar-refractivity contribution >= 4 is 43.8 Å². The fourth-order valence-electron chi connectivity index (χ4n) is 6.96. The average molecular weight is 1050 g/mol. The standard InChI is InChI=1S/C50H48Br2N8O8/c1-31-35(27-65-49-43(51)21-37(25-55-15-5-11-45(61)62)47(59-49)67-29-39-19-33(23-53)13-17-57-39)7-3-9-41(31)42-10-4-8-36(32(42)2)28-66-50-44(52)22-38(26-56-16-6-12-46(63)64)48(60-50)68-30-40-20-34(24-54)14-18-58-40/h3-4,7-10,13-14,17-22,55-56H,5-6,11-12,15-16,25-30H2,1-2H3,(H,61,62)(H,63,64). The molecular weight excluding hydrogens is 1000 g/mol. The van der Waals surface area contributed by atoms with Gasteiger partial charge in [0.1, 0.15) is 26.4 Å². The van der Waals surface area contributed by atoms with Crippen LogP contribution in [0.5, 0.6) is 23.5 Å². The van der Waals surface area contributed by atoms with Gasteiger partial charge in [-0.1, -0.05) is 36.4 Å². The number of carbonyl (C=O) groups is 2. The predicted octanol–water partition coefficient (Wildman–Crippen LogP) is 9.04. The van der Waals surface area contributed by atoms with E-state index in [1.54, 1.807) is 36.7 Å². The molecule has 2 aromatic carbocycles. The number of rotatable bonds is 25. The molecule has 4 heterocycles. The molecule has 350 valence electrons. The van der Waals surface area contributed by atoms with Gasteiger partial charge in [-0.25, -0.2) is 0 Å². The first kappa shape index (κ1) is 50.5. The Bertz CT molecular complexity index is 2640. The SMILES string of the molecule is Cc1c(COc2nc(OCc3cc(C#N)ccn3)c(CNCCCC(=O)O)cc2Br)cccc1-c1cccc(COc2nc(OCc3cc(C#N)ccn3)c(CNCCCC(=O)O)cc2Br)c1C. The van der Waals surface area contributed by atoms with Crippen LogP contribution < -0.4 is 29.6 Å². The maximum atomic E-state index is 11.0. The van der Waals surface area contributed by atoms with E-state index < -0.39 is 11.9 Å². The number of nitrogens with zero attached hydrogens (tertiary/aromatic N) is 6. The summed E-state index contributed by atoms with van der Waals surface area (Å²) in [6.07, 6.45) is 4.13. The molecule has 0 spiro atoms. The Morgan fingerprint density at radius 2 is 1.00 bits per heavy atom. The van der Waals surface area contributed by atoms with Crippen LogP contribution in [0.3, 0.4) is 0 Å². The second-order valence-corrected chi connectivity index (χ2v) is 17.2. The summed E-state index contributed by atoms with van der Waals surface area (Å²) in [6, 6.07) is 26.6. The number of nitrogens with one attached hydrogen (secondary N) is 2. The van der Waals surface area contributed by atoms with E-state index in [1.165, 1.54) is 0 Å². The highest BCUT2D eigenvalue weighted by Crippen LogP contribution is 2.35. The normalized spacial score (nSPS) is 10.8. The Balaban J connectivity index is 1.17. The number of aliphatic carboxylic acids is 2. The molecule has 4 N–H and O–H groups in total. The van der Waals surface area contributed by atoms with Crippen LogP contribution in [0.2, 0.25) is 0 Å². The largest absolute Gasteiger partial charge is 0.481 e. The van der Waals surface area contributed by atoms with E-state index in [0.717, 1.165) is 44.5 Å². The molecule has 0 saturated carbocycles. The van der Waals surface area contributed by atoms with Gasteiger partial charge in [-0.3, -0.25) is 19.6 Å². The van der Waals surface area contributed by atoms with Crippen LogP contribution in [0.1, 0.15) is 81.6 Å². The third-order valence-corrected chi connectivity index (χ3v) is 11.7. The van der Waals surface area contributed by atoms with Crippen molar-refractivity contribution in [3.05, 3.63) is 150 Å². The lowest BCUT2D eigenvalue weighted by molar-refractivity contribution is -0.138.